The summed E-state index contributed by atoms with van der Waals surface area (Å²) in [4.78, 5) is 26.3. The van der Waals surface area contributed by atoms with Crippen molar-refractivity contribution in [3.05, 3.63) is 53.6 Å². The Balaban J connectivity index is 1.67. The number of Topliss-reactive ketones (excluding diaryl/α,β-unsaturated/α-hetero) is 1. The van der Waals surface area contributed by atoms with Crippen LogP contribution in [0.5, 0.6) is 5.75 Å². The minimum Gasteiger partial charge on any atom is -0.496 e. The highest BCUT2D eigenvalue weighted by atomic mass is 16.5. The average molecular weight is 352 g/mol. The topological polar surface area (TPSA) is 58.6 Å². The van der Waals surface area contributed by atoms with Crippen LogP contribution in [0.25, 0.3) is 0 Å². The summed E-state index contributed by atoms with van der Waals surface area (Å²) in [5, 5.41) is 2.91. The largest absolute Gasteiger partial charge is 0.496 e. The fourth-order valence-corrected chi connectivity index (χ4v) is 3.24. The van der Waals surface area contributed by atoms with Crippen LogP contribution in [0.1, 0.15) is 35.7 Å². The lowest BCUT2D eigenvalue weighted by atomic mass is 10.0. The van der Waals surface area contributed by atoms with E-state index in [1.54, 1.807) is 25.3 Å². The van der Waals surface area contributed by atoms with Crippen molar-refractivity contribution in [2.75, 3.05) is 30.4 Å². The van der Waals surface area contributed by atoms with Crippen LogP contribution in [0.4, 0.5) is 11.4 Å². The fourth-order valence-electron chi connectivity index (χ4n) is 3.24. The molecule has 0 unspecified atom stereocenters. The van der Waals surface area contributed by atoms with Crippen LogP contribution in [-0.2, 0) is 11.2 Å². The molecular weight excluding hydrogens is 328 g/mol. The lowest BCUT2D eigenvalue weighted by molar-refractivity contribution is -0.115. The molecule has 0 bridgehead atoms. The Kier molecular flexibility index (Phi) is 5.56. The number of nitrogens with zero attached hydrogens (tertiary/aromatic N) is 1. The Morgan fingerprint density at radius 2 is 1.77 bits per heavy atom. The SMILES string of the molecule is COc1ccc(C(C)=O)cc1CC(=O)Nc1ccc(N2CCCC2)cc1. The second kappa shape index (κ2) is 8.04. The lowest BCUT2D eigenvalue weighted by Crippen LogP contribution is -2.18. The number of carbonyl (C=O) groups excluding carboxylic acids is 2. The minimum atomic E-state index is -0.141. The van der Waals surface area contributed by atoms with E-state index >= 15 is 0 Å². The third kappa shape index (κ3) is 4.23. The zero-order valence-electron chi connectivity index (χ0n) is 15.2. The maximum absolute atomic E-state index is 12.4. The summed E-state index contributed by atoms with van der Waals surface area (Å²) in [5.41, 5.74) is 3.23. The van der Waals surface area contributed by atoms with Gasteiger partial charge in [-0.25, -0.2) is 0 Å². The quantitative estimate of drug-likeness (QED) is 0.806. The average Bonchev–Trinajstić information content (AvgIpc) is 3.17. The smallest absolute Gasteiger partial charge is 0.228 e. The van der Waals surface area contributed by atoms with Gasteiger partial charge in [-0.1, -0.05) is 0 Å². The van der Waals surface area contributed by atoms with E-state index < -0.39 is 0 Å². The highest BCUT2D eigenvalue weighted by Crippen LogP contribution is 2.23. The molecule has 1 aliphatic heterocycles. The summed E-state index contributed by atoms with van der Waals surface area (Å²) in [6.45, 7) is 3.70. The molecule has 5 nitrogen and oxygen atoms in total. The monoisotopic (exact) mass is 352 g/mol. The second-order valence-corrected chi connectivity index (χ2v) is 6.55. The van der Waals surface area contributed by atoms with Crippen molar-refractivity contribution >= 4 is 23.1 Å². The predicted octanol–water partition coefficient (Wildman–Crippen LogP) is 3.68. The number of benzene rings is 2. The van der Waals surface area contributed by atoms with Crippen LogP contribution in [0.2, 0.25) is 0 Å². The number of amides is 1. The summed E-state index contributed by atoms with van der Waals surface area (Å²) < 4.78 is 5.31. The fraction of sp³-hybridized carbons (Fsp3) is 0.333. The number of methoxy groups -OCH3 is 1. The Labute approximate surface area is 154 Å². The number of rotatable bonds is 6. The number of ketones is 1. The van der Waals surface area contributed by atoms with Gasteiger partial charge in [0.05, 0.1) is 13.5 Å². The van der Waals surface area contributed by atoms with Crippen molar-refractivity contribution in [3.8, 4) is 5.75 Å². The standard InChI is InChI=1S/C21H24N2O3/c1-15(24)16-5-10-20(26-2)17(13-16)14-21(25)22-18-6-8-19(9-7-18)23-11-3-4-12-23/h5-10,13H,3-4,11-12,14H2,1-2H3,(H,22,25). The van der Waals surface area contributed by atoms with E-state index in [0.717, 1.165) is 18.8 Å². The van der Waals surface area contributed by atoms with Crippen LogP contribution >= 0.6 is 0 Å². The number of anilines is 2. The van der Waals surface area contributed by atoms with Crippen LogP contribution < -0.4 is 15.0 Å². The third-order valence-corrected chi connectivity index (χ3v) is 4.66. The van der Waals surface area contributed by atoms with E-state index in [9.17, 15) is 9.59 Å². The molecule has 1 N–H and O–H groups in total. The molecule has 5 heteroatoms. The van der Waals surface area contributed by atoms with Gasteiger partial charge in [0.2, 0.25) is 5.91 Å². The van der Waals surface area contributed by atoms with Gasteiger partial charge in [-0.2, -0.15) is 0 Å². The van der Waals surface area contributed by atoms with E-state index in [4.69, 9.17) is 4.74 Å². The summed E-state index contributed by atoms with van der Waals surface area (Å²) in [6.07, 6.45) is 2.62. The van der Waals surface area contributed by atoms with Gasteiger partial charge >= 0.3 is 0 Å². The van der Waals surface area contributed by atoms with Gasteiger partial charge in [0.15, 0.2) is 5.78 Å². The summed E-state index contributed by atoms with van der Waals surface area (Å²) in [6, 6.07) is 13.1. The van der Waals surface area contributed by atoms with Crippen LogP contribution in [0, 0.1) is 0 Å². The number of nitrogens with one attached hydrogen (secondary N) is 1. The Bertz CT molecular complexity index is 793. The predicted molar refractivity (Wildman–Crippen MR) is 103 cm³/mol. The molecule has 0 saturated carbocycles. The lowest BCUT2D eigenvalue weighted by Gasteiger charge is -2.18. The van der Waals surface area contributed by atoms with E-state index in [0.29, 0.717) is 16.9 Å². The van der Waals surface area contributed by atoms with Crippen molar-refractivity contribution in [2.45, 2.75) is 26.2 Å². The molecule has 0 aliphatic carbocycles. The number of carbonyl (C=O) groups is 2. The molecule has 0 atom stereocenters. The van der Waals surface area contributed by atoms with Gasteiger partial charge in [0.25, 0.3) is 0 Å². The van der Waals surface area contributed by atoms with E-state index in [-0.39, 0.29) is 18.1 Å². The molecular formula is C21H24N2O3. The molecule has 0 aromatic heterocycles. The molecule has 1 heterocycles. The van der Waals surface area contributed by atoms with Gasteiger partial charge < -0.3 is 15.0 Å². The summed E-state index contributed by atoms with van der Waals surface area (Å²) in [7, 11) is 1.56. The molecule has 2 aromatic carbocycles. The van der Waals surface area contributed by atoms with Crippen molar-refractivity contribution in [1.82, 2.24) is 0 Å². The van der Waals surface area contributed by atoms with Gasteiger partial charge in [-0.05, 0) is 62.2 Å². The summed E-state index contributed by atoms with van der Waals surface area (Å²) in [5.74, 6) is 0.430. The first-order chi connectivity index (χ1) is 12.6. The maximum atomic E-state index is 12.4. The highest BCUT2D eigenvalue weighted by Gasteiger charge is 2.14. The maximum Gasteiger partial charge on any atom is 0.228 e. The van der Waals surface area contributed by atoms with E-state index in [1.165, 1.54) is 25.5 Å². The molecule has 1 saturated heterocycles. The van der Waals surface area contributed by atoms with E-state index in [2.05, 4.69) is 10.2 Å². The number of hydrogen-bond donors (Lipinski definition) is 1. The number of ether oxygens (including phenoxy) is 1. The minimum absolute atomic E-state index is 0.0354. The third-order valence-electron chi connectivity index (χ3n) is 4.66. The first kappa shape index (κ1) is 18.0. The van der Waals surface area contributed by atoms with Gasteiger partial charge in [-0.3, -0.25) is 9.59 Å². The zero-order chi connectivity index (χ0) is 18.5. The molecule has 0 radical (unpaired) electrons. The van der Waals surface area contributed by atoms with Crippen LogP contribution in [0.3, 0.4) is 0 Å². The molecule has 1 amide bonds. The molecule has 0 spiro atoms. The van der Waals surface area contributed by atoms with Crippen molar-refractivity contribution in [1.29, 1.82) is 0 Å². The first-order valence-electron chi connectivity index (χ1n) is 8.89. The van der Waals surface area contributed by atoms with Crippen molar-refractivity contribution in [3.63, 3.8) is 0 Å². The van der Waals surface area contributed by atoms with Gasteiger partial charge in [0, 0.05) is 35.6 Å². The Morgan fingerprint density at radius 1 is 1.08 bits per heavy atom. The molecule has 26 heavy (non-hydrogen) atoms. The van der Waals surface area contributed by atoms with Crippen molar-refractivity contribution < 1.29 is 14.3 Å². The van der Waals surface area contributed by atoms with E-state index in [1.807, 2.05) is 24.3 Å². The number of hydrogen-bond acceptors (Lipinski definition) is 4. The Hall–Kier alpha value is -2.82. The molecule has 136 valence electrons. The van der Waals surface area contributed by atoms with Crippen molar-refractivity contribution in [2.24, 2.45) is 0 Å². The zero-order valence-corrected chi connectivity index (χ0v) is 15.2. The normalized spacial score (nSPS) is 13.5. The molecule has 3 rings (SSSR count). The molecule has 1 fully saturated rings. The first-order valence-corrected chi connectivity index (χ1v) is 8.89. The second-order valence-electron chi connectivity index (χ2n) is 6.55. The van der Waals surface area contributed by atoms with Crippen LogP contribution in [-0.4, -0.2) is 31.9 Å². The molecule has 2 aromatic rings. The Morgan fingerprint density at radius 3 is 2.38 bits per heavy atom. The molecule has 1 aliphatic rings. The van der Waals surface area contributed by atoms with Gasteiger partial charge in [-0.15, -0.1) is 0 Å². The van der Waals surface area contributed by atoms with Gasteiger partial charge in [0.1, 0.15) is 5.75 Å². The summed E-state index contributed by atoms with van der Waals surface area (Å²) >= 11 is 0. The van der Waals surface area contributed by atoms with Crippen LogP contribution in [0.15, 0.2) is 42.5 Å². The highest BCUT2D eigenvalue weighted by molar-refractivity contribution is 5.96.